The Morgan fingerprint density at radius 1 is 0.950 bits per heavy atom. The van der Waals surface area contributed by atoms with Crippen molar-refractivity contribution in [2.75, 3.05) is 0 Å². The third kappa shape index (κ3) is 1.74. The second-order valence-electron chi connectivity index (χ2n) is 4.43. The molecule has 4 aromatic rings. The highest BCUT2D eigenvalue weighted by molar-refractivity contribution is 5.68. The van der Waals surface area contributed by atoms with Crippen LogP contribution in [0.4, 0.5) is 0 Å². The first kappa shape index (κ1) is 10.9. The molecular weight excluding hydrogens is 252 g/mol. The summed E-state index contributed by atoms with van der Waals surface area (Å²) in [5.74, 6) is 0.600. The summed E-state index contributed by atoms with van der Waals surface area (Å²) in [6.07, 6.45) is 7.15. The summed E-state index contributed by atoms with van der Waals surface area (Å²) in [6, 6.07) is 10.2. The summed E-state index contributed by atoms with van der Waals surface area (Å²) in [6.45, 7) is 0. The van der Waals surface area contributed by atoms with Crippen LogP contribution < -0.4 is 0 Å². The first-order valence-corrected chi connectivity index (χ1v) is 6.16. The van der Waals surface area contributed by atoms with Gasteiger partial charge in [0.05, 0.1) is 5.69 Å². The quantitative estimate of drug-likeness (QED) is 0.601. The Balaban J connectivity index is 1.74. The van der Waals surface area contributed by atoms with Crippen LogP contribution >= 0.6 is 0 Å². The summed E-state index contributed by atoms with van der Waals surface area (Å²) in [5.41, 5.74) is 4.22. The van der Waals surface area contributed by atoms with Gasteiger partial charge in [0.15, 0.2) is 0 Å². The zero-order chi connectivity index (χ0) is 13.4. The summed E-state index contributed by atoms with van der Waals surface area (Å²) < 4.78 is 1.80. The van der Waals surface area contributed by atoms with Crippen molar-refractivity contribution in [1.29, 1.82) is 0 Å². The van der Waals surface area contributed by atoms with Crippen LogP contribution in [0, 0.1) is 0 Å². The van der Waals surface area contributed by atoms with E-state index in [-0.39, 0.29) is 0 Å². The number of fused-ring (bicyclic) bond motifs is 1. The Morgan fingerprint density at radius 3 is 2.60 bits per heavy atom. The molecule has 0 radical (unpaired) electrons. The molecule has 0 spiro atoms. The monoisotopic (exact) mass is 262 g/mol. The van der Waals surface area contributed by atoms with Crippen molar-refractivity contribution in [2.45, 2.75) is 0 Å². The van der Waals surface area contributed by atoms with Crippen LogP contribution in [0.1, 0.15) is 0 Å². The topological polar surface area (TPSA) is 71.8 Å². The van der Waals surface area contributed by atoms with Gasteiger partial charge in [-0.25, -0.2) is 4.98 Å². The minimum absolute atomic E-state index is 0.600. The lowest BCUT2D eigenvalue weighted by molar-refractivity contribution is 1.09. The Kier molecular flexibility index (Phi) is 2.32. The van der Waals surface area contributed by atoms with Crippen LogP contribution in [0.3, 0.4) is 0 Å². The molecule has 96 valence electrons. The number of aromatic amines is 1. The third-order valence-corrected chi connectivity index (χ3v) is 3.18. The van der Waals surface area contributed by atoms with E-state index in [4.69, 9.17) is 0 Å². The molecule has 4 rings (SSSR count). The van der Waals surface area contributed by atoms with Gasteiger partial charge in [-0.2, -0.15) is 5.10 Å². The van der Waals surface area contributed by atoms with Crippen molar-refractivity contribution in [2.24, 2.45) is 0 Å². The number of benzene rings is 1. The Labute approximate surface area is 114 Å². The lowest BCUT2D eigenvalue weighted by Gasteiger charge is -2.03. The maximum atomic E-state index is 4.26. The normalized spacial score (nSPS) is 11.0. The highest BCUT2D eigenvalue weighted by Gasteiger charge is 2.03. The zero-order valence-corrected chi connectivity index (χ0v) is 10.4. The highest BCUT2D eigenvalue weighted by atomic mass is 15.3. The number of aromatic nitrogens is 6. The van der Waals surface area contributed by atoms with Gasteiger partial charge >= 0.3 is 0 Å². The predicted molar refractivity (Wildman–Crippen MR) is 73.8 cm³/mol. The van der Waals surface area contributed by atoms with Crippen LogP contribution in [-0.2, 0) is 0 Å². The smallest absolute Gasteiger partial charge is 0.254 e. The van der Waals surface area contributed by atoms with Crippen molar-refractivity contribution in [3.05, 3.63) is 55.2 Å². The first-order valence-electron chi connectivity index (χ1n) is 6.16. The largest absolute Gasteiger partial charge is 0.278 e. The van der Waals surface area contributed by atoms with E-state index >= 15 is 0 Å². The maximum absolute atomic E-state index is 4.26. The van der Waals surface area contributed by atoms with Gasteiger partial charge < -0.3 is 0 Å². The van der Waals surface area contributed by atoms with E-state index in [0.717, 1.165) is 22.4 Å². The summed E-state index contributed by atoms with van der Waals surface area (Å²) in [5, 5.41) is 14.6. The Morgan fingerprint density at radius 2 is 1.80 bits per heavy atom. The molecule has 1 N–H and O–H groups in total. The fourth-order valence-corrected chi connectivity index (χ4v) is 2.14. The van der Waals surface area contributed by atoms with E-state index in [1.807, 2.05) is 12.3 Å². The van der Waals surface area contributed by atoms with E-state index in [9.17, 15) is 0 Å². The molecule has 3 heterocycles. The van der Waals surface area contributed by atoms with E-state index in [1.165, 1.54) is 0 Å². The molecule has 0 aliphatic rings. The van der Waals surface area contributed by atoms with E-state index < -0.39 is 0 Å². The molecule has 0 aliphatic carbocycles. The minimum Gasteiger partial charge on any atom is -0.278 e. The van der Waals surface area contributed by atoms with E-state index in [2.05, 4.69) is 49.6 Å². The summed E-state index contributed by atoms with van der Waals surface area (Å²) in [7, 11) is 0. The molecule has 20 heavy (non-hydrogen) atoms. The highest BCUT2D eigenvalue weighted by Crippen LogP contribution is 2.23. The predicted octanol–water partition coefficient (Wildman–Crippen LogP) is 2.18. The molecule has 0 fully saturated rings. The van der Waals surface area contributed by atoms with Gasteiger partial charge in [0.2, 0.25) is 0 Å². The minimum atomic E-state index is 0.600. The molecule has 0 saturated heterocycles. The fraction of sp³-hybridized carbons (Fsp3) is 0. The van der Waals surface area contributed by atoms with Gasteiger partial charge in [-0.3, -0.25) is 9.50 Å². The molecule has 6 heteroatoms. The second-order valence-corrected chi connectivity index (χ2v) is 4.43. The van der Waals surface area contributed by atoms with Gasteiger partial charge in [0.25, 0.3) is 5.78 Å². The number of H-pyrrole nitrogens is 1. The lowest BCUT2D eigenvalue weighted by Crippen LogP contribution is -1.89. The molecule has 0 bridgehead atoms. The van der Waals surface area contributed by atoms with Gasteiger partial charge in [-0.05, 0) is 17.2 Å². The maximum Gasteiger partial charge on any atom is 0.254 e. The molecule has 0 saturated carbocycles. The van der Waals surface area contributed by atoms with Crippen molar-refractivity contribution < 1.29 is 0 Å². The molecule has 6 nitrogen and oxygen atoms in total. The summed E-state index contributed by atoms with van der Waals surface area (Å²) in [4.78, 5) is 4.26. The number of nitrogens with zero attached hydrogens (tertiary/aromatic N) is 5. The SMILES string of the molecule is c1cc(-c2ccc(-c3cnc4nncn4c3)cc2)[nH]n1. The molecule has 3 aromatic heterocycles. The van der Waals surface area contributed by atoms with Crippen molar-refractivity contribution in [3.63, 3.8) is 0 Å². The van der Waals surface area contributed by atoms with E-state index in [0.29, 0.717) is 5.78 Å². The van der Waals surface area contributed by atoms with Gasteiger partial charge in [-0.1, -0.05) is 24.3 Å². The average molecular weight is 262 g/mol. The van der Waals surface area contributed by atoms with Crippen LogP contribution in [0.25, 0.3) is 28.2 Å². The van der Waals surface area contributed by atoms with Crippen molar-refractivity contribution in [3.8, 4) is 22.4 Å². The Bertz CT molecular complexity index is 845. The van der Waals surface area contributed by atoms with Crippen LogP contribution in [0.2, 0.25) is 0 Å². The number of hydrogen-bond donors (Lipinski definition) is 1. The number of nitrogens with one attached hydrogen (secondary N) is 1. The zero-order valence-electron chi connectivity index (χ0n) is 10.4. The fourth-order valence-electron chi connectivity index (χ4n) is 2.14. The van der Waals surface area contributed by atoms with Crippen LogP contribution in [0.5, 0.6) is 0 Å². The average Bonchev–Trinajstić information content (AvgIpc) is 3.18. The van der Waals surface area contributed by atoms with Gasteiger partial charge in [0, 0.05) is 24.2 Å². The van der Waals surface area contributed by atoms with E-state index in [1.54, 1.807) is 23.1 Å². The first-order chi connectivity index (χ1) is 9.90. The standard InChI is InChI=1S/C14H10N6/c1-3-11(13-5-6-16-18-13)4-2-10(1)12-7-15-14-19-17-9-20(14)8-12/h1-9H,(H,16,18). The van der Waals surface area contributed by atoms with Crippen LogP contribution in [-0.4, -0.2) is 29.8 Å². The molecule has 0 amide bonds. The Hall–Kier alpha value is -3.02. The van der Waals surface area contributed by atoms with Gasteiger partial charge in [-0.15, -0.1) is 10.2 Å². The molecule has 0 unspecified atom stereocenters. The second kappa shape index (κ2) is 4.27. The van der Waals surface area contributed by atoms with Gasteiger partial charge in [0.1, 0.15) is 6.33 Å². The molecule has 0 atom stereocenters. The molecule has 0 aliphatic heterocycles. The van der Waals surface area contributed by atoms with Crippen molar-refractivity contribution >= 4 is 5.78 Å². The lowest BCUT2D eigenvalue weighted by atomic mass is 10.1. The number of rotatable bonds is 2. The molecule has 1 aromatic carbocycles. The third-order valence-electron chi connectivity index (χ3n) is 3.18. The van der Waals surface area contributed by atoms with Crippen LogP contribution in [0.15, 0.2) is 55.2 Å². The number of hydrogen-bond acceptors (Lipinski definition) is 4. The summed E-state index contributed by atoms with van der Waals surface area (Å²) >= 11 is 0. The molecular formula is C14H10N6. The van der Waals surface area contributed by atoms with Crippen molar-refractivity contribution in [1.82, 2.24) is 29.8 Å².